The minimum absolute atomic E-state index is 0.0647. The zero-order valence-corrected chi connectivity index (χ0v) is 16.4. The van der Waals surface area contributed by atoms with E-state index in [2.05, 4.69) is 15.2 Å². The summed E-state index contributed by atoms with van der Waals surface area (Å²) in [7, 11) is -2.86. The van der Waals surface area contributed by atoms with Crippen LogP contribution in [0.25, 0.3) is 10.9 Å². The van der Waals surface area contributed by atoms with Gasteiger partial charge in [-0.2, -0.15) is 0 Å². The van der Waals surface area contributed by atoms with Gasteiger partial charge in [-0.25, -0.2) is 8.42 Å². The fraction of sp³-hybridized carbons (Fsp3) is 0.550. The number of amides is 1. The minimum Gasteiger partial charge on any atom is -0.358 e. The Labute approximate surface area is 160 Å². The molecule has 27 heavy (non-hydrogen) atoms. The number of carbonyl (C=O) groups is 1. The Balaban J connectivity index is 1.38. The summed E-state index contributed by atoms with van der Waals surface area (Å²) in [6.07, 6.45) is 5.88. The van der Waals surface area contributed by atoms with Crippen LogP contribution in [0.5, 0.6) is 0 Å². The molecular formula is C20H27N3O3S. The molecule has 6 nitrogen and oxygen atoms in total. The van der Waals surface area contributed by atoms with Crippen LogP contribution in [0, 0.1) is 0 Å². The number of rotatable bonds is 4. The van der Waals surface area contributed by atoms with Crippen LogP contribution in [0.15, 0.2) is 18.2 Å². The topological polar surface area (TPSA) is 82.3 Å². The molecule has 0 radical (unpaired) electrons. The maximum Gasteiger partial charge on any atom is 0.251 e. The van der Waals surface area contributed by atoms with Crippen molar-refractivity contribution in [2.45, 2.75) is 32.1 Å². The highest BCUT2D eigenvalue weighted by atomic mass is 32.2. The van der Waals surface area contributed by atoms with Crippen LogP contribution in [0.3, 0.4) is 0 Å². The number of hydrogen-bond acceptors (Lipinski definition) is 4. The highest BCUT2D eigenvalue weighted by Gasteiger charge is 2.21. The van der Waals surface area contributed by atoms with E-state index >= 15 is 0 Å². The number of hydrogen-bond donors (Lipinski definition) is 2. The van der Waals surface area contributed by atoms with E-state index in [1.807, 2.05) is 18.2 Å². The summed E-state index contributed by atoms with van der Waals surface area (Å²) in [4.78, 5) is 18.2. The standard InChI is InChI=1S/C20H27N3O3S/c24-20(21-8-9-23-10-12-27(25,26)13-11-23)15-6-7-19-17(14-15)16-4-2-1-3-5-18(16)22-19/h6-7,14,22H,1-5,8-13H2,(H,21,24). The predicted octanol–water partition coefficient (Wildman–Crippen LogP) is 1.90. The SMILES string of the molecule is O=C(NCCN1CCS(=O)(=O)CC1)c1ccc2[nH]c3c(c2c1)CCCCC3. The summed E-state index contributed by atoms with van der Waals surface area (Å²) < 4.78 is 22.9. The number of aryl methyl sites for hydroxylation is 2. The number of sulfone groups is 1. The second kappa shape index (κ2) is 7.64. The molecule has 4 rings (SSSR count). The fourth-order valence-electron chi connectivity index (χ4n) is 4.13. The van der Waals surface area contributed by atoms with Crippen molar-refractivity contribution < 1.29 is 13.2 Å². The first-order valence-electron chi connectivity index (χ1n) is 9.86. The molecule has 1 aliphatic carbocycles. The lowest BCUT2D eigenvalue weighted by Crippen LogP contribution is -2.43. The average Bonchev–Trinajstić information content (AvgIpc) is 2.83. The molecule has 0 bridgehead atoms. The number of aromatic nitrogens is 1. The van der Waals surface area contributed by atoms with E-state index in [1.165, 1.54) is 35.9 Å². The van der Waals surface area contributed by atoms with Gasteiger partial charge in [0.1, 0.15) is 0 Å². The lowest BCUT2D eigenvalue weighted by atomic mass is 10.0. The first kappa shape index (κ1) is 18.5. The molecule has 0 atom stereocenters. The predicted molar refractivity (Wildman–Crippen MR) is 107 cm³/mol. The van der Waals surface area contributed by atoms with Crippen molar-refractivity contribution in [3.63, 3.8) is 0 Å². The Bertz CT molecular complexity index is 935. The minimum atomic E-state index is -2.86. The number of fused-ring (bicyclic) bond motifs is 3. The summed E-state index contributed by atoms with van der Waals surface area (Å²) in [5.41, 5.74) is 4.52. The normalized spacial score (nSPS) is 20.1. The van der Waals surface area contributed by atoms with Crippen molar-refractivity contribution in [1.82, 2.24) is 15.2 Å². The second-order valence-corrected chi connectivity index (χ2v) is 9.96. The maximum absolute atomic E-state index is 12.6. The Hall–Kier alpha value is -1.86. The van der Waals surface area contributed by atoms with Crippen molar-refractivity contribution in [1.29, 1.82) is 0 Å². The van der Waals surface area contributed by atoms with Gasteiger partial charge in [-0.05, 0) is 49.4 Å². The summed E-state index contributed by atoms with van der Waals surface area (Å²) in [6.45, 7) is 2.32. The zero-order valence-electron chi connectivity index (χ0n) is 15.6. The number of H-pyrrole nitrogens is 1. The molecule has 1 saturated heterocycles. The van der Waals surface area contributed by atoms with Gasteiger partial charge in [0.25, 0.3) is 5.91 Å². The Morgan fingerprint density at radius 2 is 1.89 bits per heavy atom. The number of aromatic amines is 1. The Kier molecular flexibility index (Phi) is 5.23. The van der Waals surface area contributed by atoms with E-state index in [4.69, 9.17) is 0 Å². The maximum atomic E-state index is 12.6. The van der Waals surface area contributed by atoms with Gasteiger partial charge < -0.3 is 10.3 Å². The van der Waals surface area contributed by atoms with Gasteiger partial charge in [0.05, 0.1) is 11.5 Å². The van der Waals surface area contributed by atoms with Crippen LogP contribution >= 0.6 is 0 Å². The molecule has 1 fully saturated rings. The molecule has 0 saturated carbocycles. The van der Waals surface area contributed by atoms with E-state index in [9.17, 15) is 13.2 Å². The van der Waals surface area contributed by atoms with Crippen molar-refractivity contribution >= 4 is 26.6 Å². The van der Waals surface area contributed by atoms with Crippen LogP contribution < -0.4 is 5.32 Å². The molecule has 0 spiro atoms. The quantitative estimate of drug-likeness (QED) is 0.783. The van der Waals surface area contributed by atoms with Crippen LogP contribution in [-0.4, -0.2) is 61.9 Å². The Morgan fingerprint density at radius 1 is 1.11 bits per heavy atom. The average molecular weight is 390 g/mol. The fourth-order valence-corrected chi connectivity index (χ4v) is 5.40. The number of carbonyl (C=O) groups excluding carboxylic acids is 1. The smallest absolute Gasteiger partial charge is 0.251 e. The van der Waals surface area contributed by atoms with E-state index in [0.717, 1.165) is 18.4 Å². The van der Waals surface area contributed by atoms with Gasteiger partial charge in [-0.1, -0.05) is 6.42 Å². The van der Waals surface area contributed by atoms with Gasteiger partial charge >= 0.3 is 0 Å². The molecule has 1 amide bonds. The first-order valence-corrected chi connectivity index (χ1v) is 11.7. The van der Waals surface area contributed by atoms with E-state index in [0.29, 0.717) is 31.7 Å². The monoisotopic (exact) mass is 389 g/mol. The molecule has 2 N–H and O–H groups in total. The van der Waals surface area contributed by atoms with Crippen molar-refractivity contribution in [2.24, 2.45) is 0 Å². The van der Waals surface area contributed by atoms with Gasteiger partial charge in [0.15, 0.2) is 9.84 Å². The van der Waals surface area contributed by atoms with E-state index in [1.54, 1.807) is 0 Å². The van der Waals surface area contributed by atoms with Crippen molar-refractivity contribution in [3.05, 3.63) is 35.0 Å². The van der Waals surface area contributed by atoms with Gasteiger partial charge in [-0.3, -0.25) is 9.69 Å². The zero-order chi connectivity index (χ0) is 18.9. The summed E-state index contributed by atoms with van der Waals surface area (Å²) in [5, 5.41) is 4.16. The molecule has 1 aliphatic heterocycles. The molecule has 2 aromatic rings. The molecule has 1 aromatic heterocycles. The van der Waals surface area contributed by atoms with Crippen LogP contribution in [-0.2, 0) is 22.7 Å². The third kappa shape index (κ3) is 4.19. The third-order valence-electron chi connectivity index (χ3n) is 5.76. The van der Waals surface area contributed by atoms with Crippen molar-refractivity contribution in [3.8, 4) is 0 Å². The number of benzene rings is 1. The van der Waals surface area contributed by atoms with E-state index < -0.39 is 9.84 Å². The molecule has 2 heterocycles. The van der Waals surface area contributed by atoms with Gasteiger partial charge in [-0.15, -0.1) is 0 Å². The lowest BCUT2D eigenvalue weighted by molar-refractivity contribution is 0.0949. The molecule has 146 valence electrons. The Morgan fingerprint density at radius 3 is 2.70 bits per heavy atom. The van der Waals surface area contributed by atoms with Crippen LogP contribution in [0.1, 0.15) is 40.9 Å². The largest absolute Gasteiger partial charge is 0.358 e. The first-order chi connectivity index (χ1) is 13.0. The van der Waals surface area contributed by atoms with Crippen LogP contribution in [0.2, 0.25) is 0 Å². The molecule has 1 aromatic carbocycles. The second-order valence-electron chi connectivity index (χ2n) is 7.65. The molecular weight excluding hydrogens is 362 g/mol. The highest BCUT2D eigenvalue weighted by molar-refractivity contribution is 7.91. The third-order valence-corrected chi connectivity index (χ3v) is 7.37. The van der Waals surface area contributed by atoms with E-state index in [-0.39, 0.29) is 17.4 Å². The number of nitrogens with one attached hydrogen (secondary N) is 2. The highest BCUT2D eigenvalue weighted by Crippen LogP contribution is 2.29. The lowest BCUT2D eigenvalue weighted by Gasteiger charge is -2.26. The van der Waals surface area contributed by atoms with Gasteiger partial charge in [0.2, 0.25) is 0 Å². The van der Waals surface area contributed by atoms with Crippen LogP contribution in [0.4, 0.5) is 0 Å². The molecule has 0 unspecified atom stereocenters. The molecule has 2 aliphatic rings. The van der Waals surface area contributed by atoms with Gasteiger partial charge in [0, 0.05) is 48.3 Å². The summed E-state index contributed by atoms with van der Waals surface area (Å²) in [5.74, 6) is 0.372. The summed E-state index contributed by atoms with van der Waals surface area (Å²) >= 11 is 0. The summed E-state index contributed by atoms with van der Waals surface area (Å²) in [6, 6.07) is 5.90. The van der Waals surface area contributed by atoms with Crippen molar-refractivity contribution in [2.75, 3.05) is 37.7 Å². The number of nitrogens with zero attached hydrogens (tertiary/aromatic N) is 1. The molecule has 7 heteroatoms.